The Labute approximate surface area is 67.6 Å². The molecule has 0 bridgehead atoms. The monoisotopic (exact) mass is 168 g/mol. The Bertz CT molecular complexity index is 396. The Kier molecular flexibility index (Phi) is 1.26. The van der Waals surface area contributed by atoms with E-state index in [2.05, 4.69) is 10.2 Å². The SMILES string of the molecule is Oc1cc(Cl)cc2[nH]ncc12. The van der Waals surface area contributed by atoms with Gasteiger partial charge in [0.05, 0.1) is 17.1 Å². The van der Waals surface area contributed by atoms with Gasteiger partial charge in [0.1, 0.15) is 5.75 Å². The topological polar surface area (TPSA) is 48.9 Å². The van der Waals surface area contributed by atoms with E-state index in [-0.39, 0.29) is 5.75 Å². The summed E-state index contributed by atoms with van der Waals surface area (Å²) in [7, 11) is 0. The van der Waals surface area contributed by atoms with Crippen molar-refractivity contribution in [2.75, 3.05) is 0 Å². The van der Waals surface area contributed by atoms with E-state index in [1.54, 1.807) is 12.3 Å². The van der Waals surface area contributed by atoms with Crippen LogP contribution in [-0.4, -0.2) is 15.3 Å². The highest BCUT2D eigenvalue weighted by molar-refractivity contribution is 6.31. The Morgan fingerprint density at radius 1 is 1.45 bits per heavy atom. The van der Waals surface area contributed by atoms with E-state index in [4.69, 9.17) is 11.6 Å². The largest absolute Gasteiger partial charge is 0.507 e. The van der Waals surface area contributed by atoms with Gasteiger partial charge in [0.2, 0.25) is 0 Å². The molecule has 2 rings (SSSR count). The highest BCUT2D eigenvalue weighted by Gasteiger charge is 2.01. The smallest absolute Gasteiger partial charge is 0.128 e. The predicted octanol–water partition coefficient (Wildman–Crippen LogP) is 1.92. The molecule has 0 amide bonds. The fraction of sp³-hybridized carbons (Fsp3) is 0. The molecule has 2 aromatic rings. The van der Waals surface area contributed by atoms with Crippen LogP contribution in [0.2, 0.25) is 5.02 Å². The van der Waals surface area contributed by atoms with Gasteiger partial charge < -0.3 is 5.11 Å². The van der Waals surface area contributed by atoms with Crippen molar-refractivity contribution in [3.8, 4) is 5.75 Å². The van der Waals surface area contributed by atoms with Crippen molar-refractivity contribution < 1.29 is 5.11 Å². The van der Waals surface area contributed by atoms with E-state index in [0.717, 1.165) is 5.52 Å². The molecule has 0 saturated heterocycles. The Morgan fingerprint density at radius 3 is 3.09 bits per heavy atom. The average Bonchev–Trinajstić information content (AvgIpc) is 2.34. The lowest BCUT2D eigenvalue weighted by Gasteiger charge is -1.93. The minimum atomic E-state index is 0.154. The Balaban J connectivity index is 2.91. The maximum Gasteiger partial charge on any atom is 0.128 e. The second-order valence-electron chi connectivity index (χ2n) is 2.26. The van der Waals surface area contributed by atoms with Crippen molar-refractivity contribution in [3.63, 3.8) is 0 Å². The van der Waals surface area contributed by atoms with Gasteiger partial charge in [-0.15, -0.1) is 0 Å². The number of hydrogen-bond donors (Lipinski definition) is 2. The highest BCUT2D eigenvalue weighted by Crippen LogP contribution is 2.26. The second-order valence-corrected chi connectivity index (χ2v) is 2.69. The van der Waals surface area contributed by atoms with Crippen molar-refractivity contribution >= 4 is 22.5 Å². The first kappa shape index (κ1) is 6.49. The summed E-state index contributed by atoms with van der Waals surface area (Å²) < 4.78 is 0. The number of H-pyrrole nitrogens is 1. The van der Waals surface area contributed by atoms with Gasteiger partial charge >= 0.3 is 0 Å². The molecule has 4 heteroatoms. The fourth-order valence-corrected chi connectivity index (χ4v) is 1.21. The molecule has 0 aliphatic heterocycles. The molecule has 0 radical (unpaired) electrons. The van der Waals surface area contributed by atoms with Crippen LogP contribution in [0.25, 0.3) is 10.9 Å². The van der Waals surface area contributed by atoms with Crippen molar-refractivity contribution in [1.29, 1.82) is 0 Å². The summed E-state index contributed by atoms with van der Waals surface area (Å²) in [6.07, 6.45) is 1.56. The molecule has 0 fully saturated rings. The number of rotatable bonds is 0. The summed E-state index contributed by atoms with van der Waals surface area (Å²) in [4.78, 5) is 0. The van der Waals surface area contributed by atoms with Crippen LogP contribution in [0.1, 0.15) is 0 Å². The third-order valence-corrected chi connectivity index (χ3v) is 1.72. The van der Waals surface area contributed by atoms with Gasteiger partial charge in [0.15, 0.2) is 0 Å². The number of halogens is 1. The third-order valence-electron chi connectivity index (χ3n) is 1.50. The van der Waals surface area contributed by atoms with Gasteiger partial charge in [-0.25, -0.2) is 0 Å². The summed E-state index contributed by atoms with van der Waals surface area (Å²) in [5.74, 6) is 0.154. The number of nitrogens with one attached hydrogen (secondary N) is 1. The molecule has 56 valence electrons. The van der Waals surface area contributed by atoms with Crippen LogP contribution in [0.3, 0.4) is 0 Å². The van der Waals surface area contributed by atoms with Gasteiger partial charge in [-0.2, -0.15) is 5.10 Å². The van der Waals surface area contributed by atoms with E-state index in [1.165, 1.54) is 6.07 Å². The molecule has 1 aromatic carbocycles. The first-order chi connectivity index (χ1) is 5.27. The first-order valence-corrected chi connectivity index (χ1v) is 3.47. The Hall–Kier alpha value is -1.22. The number of benzene rings is 1. The average molecular weight is 169 g/mol. The molecule has 1 heterocycles. The summed E-state index contributed by atoms with van der Waals surface area (Å²) in [6, 6.07) is 3.20. The van der Waals surface area contributed by atoms with Crippen LogP contribution in [0.15, 0.2) is 18.3 Å². The lowest BCUT2D eigenvalue weighted by Crippen LogP contribution is -1.70. The minimum absolute atomic E-state index is 0.154. The number of aromatic hydroxyl groups is 1. The highest BCUT2D eigenvalue weighted by atomic mass is 35.5. The molecule has 1 aromatic heterocycles. The van der Waals surface area contributed by atoms with Gasteiger partial charge in [-0.3, -0.25) is 5.10 Å². The summed E-state index contributed by atoms with van der Waals surface area (Å²) in [5, 5.41) is 17.0. The number of hydrogen-bond acceptors (Lipinski definition) is 2. The number of aromatic nitrogens is 2. The van der Waals surface area contributed by atoms with E-state index in [0.29, 0.717) is 10.4 Å². The zero-order chi connectivity index (χ0) is 7.84. The number of aromatic amines is 1. The van der Waals surface area contributed by atoms with E-state index < -0.39 is 0 Å². The van der Waals surface area contributed by atoms with Crippen LogP contribution >= 0.6 is 11.6 Å². The van der Waals surface area contributed by atoms with Gasteiger partial charge in [-0.1, -0.05) is 11.6 Å². The fourth-order valence-electron chi connectivity index (χ4n) is 0.998. The van der Waals surface area contributed by atoms with Crippen LogP contribution < -0.4 is 0 Å². The zero-order valence-electron chi connectivity index (χ0n) is 5.50. The number of fused-ring (bicyclic) bond motifs is 1. The summed E-state index contributed by atoms with van der Waals surface area (Å²) in [5.41, 5.74) is 0.745. The van der Waals surface area contributed by atoms with Crippen molar-refractivity contribution in [2.24, 2.45) is 0 Å². The Morgan fingerprint density at radius 2 is 2.27 bits per heavy atom. The lowest BCUT2D eigenvalue weighted by atomic mass is 10.2. The van der Waals surface area contributed by atoms with Gasteiger partial charge in [-0.05, 0) is 12.1 Å². The van der Waals surface area contributed by atoms with Crippen molar-refractivity contribution in [3.05, 3.63) is 23.4 Å². The second kappa shape index (κ2) is 2.13. The van der Waals surface area contributed by atoms with Crippen molar-refractivity contribution in [1.82, 2.24) is 10.2 Å². The summed E-state index contributed by atoms with van der Waals surface area (Å²) >= 11 is 5.67. The van der Waals surface area contributed by atoms with E-state index in [9.17, 15) is 5.11 Å². The van der Waals surface area contributed by atoms with Crippen LogP contribution in [0.5, 0.6) is 5.75 Å². The minimum Gasteiger partial charge on any atom is -0.507 e. The standard InChI is InChI=1S/C7H5ClN2O/c8-4-1-6-5(3-9-10-6)7(11)2-4/h1-3,11H,(H,9,10). The van der Waals surface area contributed by atoms with Crippen LogP contribution in [0, 0.1) is 0 Å². The number of phenols is 1. The third kappa shape index (κ3) is 0.935. The van der Waals surface area contributed by atoms with Gasteiger partial charge in [0.25, 0.3) is 0 Å². The normalized spacial score (nSPS) is 10.6. The maximum atomic E-state index is 9.30. The number of phenolic OH excluding ortho intramolecular Hbond substituents is 1. The van der Waals surface area contributed by atoms with E-state index >= 15 is 0 Å². The quantitative estimate of drug-likeness (QED) is 0.632. The molecule has 0 atom stereocenters. The molecule has 0 aliphatic carbocycles. The molecule has 0 aliphatic rings. The lowest BCUT2D eigenvalue weighted by molar-refractivity contribution is 0.482. The molecule has 0 saturated carbocycles. The predicted molar refractivity (Wildman–Crippen MR) is 42.8 cm³/mol. The first-order valence-electron chi connectivity index (χ1n) is 3.09. The van der Waals surface area contributed by atoms with E-state index in [1.807, 2.05) is 0 Å². The molecule has 11 heavy (non-hydrogen) atoms. The molecular formula is C7H5ClN2O. The molecule has 0 unspecified atom stereocenters. The maximum absolute atomic E-state index is 9.30. The van der Waals surface area contributed by atoms with Crippen LogP contribution in [0.4, 0.5) is 0 Å². The van der Waals surface area contributed by atoms with Gasteiger partial charge in [0, 0.05) is 5.02 Å². The van der Waals surface area contributed by atoms with Crippen LogP contribution in [-0.2, 0) is 0 Å². The molecular weight excluding hydrogens is 164 g/mol. The molecule has 2 N–H and O–H groups in total. The summed E-state index contributed by atoms with van der Waals surface area (Å²) in [6.45, 7) is 0. The number of nitrogens with zero attached hydrogens (tertiary/aromatic N) is 1. The molecule has 0 spiro atoms. The molecule has 3 nitrogen and oxygen atoms in total. The zero-order valence-corrected chi connectivity index (χ0v) is 6.26. The van der Waals surface area contributed by atoms with Crippen molar-refractivity contribution in [2.45, 2.75) is 0 Å².